The van der Waals surface area contributed by atoms with E-state index in [4.69, 9.17) is 4.74 Å². The summed E-state index contributed by atoms with van der Waals surface area (Å²) >= 11 is 0. The highest BCUT2D eigenvalue weighted by Gasteiger charge is 2.64. The van der Waals surface area contributed by atoms with Crippen LogP contribution in [0.3, 0.4) is 0 Å². The Balaban J connectivity index is 2.13. The Morgan fingerprint density at radius 1 is 1.00 bits per heavy atom. The molecule has 0 aromatic carbocycles. The standard InChI is InChI=1S/C10H14O3/c11-9-5-13-6-10(9,12)8-2-1-7(9)3-4-8/h1-2,7-8,11-12H,3-6H2/t7-,8?,9+,10?/m1/s1. The number of aliphatic hydroxyl groups is 2. The molecule has 0 radical (unpaired) electrons. The highest BCUT2D eigenvalue weighted by atomic mass is 16.5. The van der Waals surface area contributed by atoms with E-state index in [1.54, 1.807) is 0 Å². The molecule has 13 heavy (non-hydrogen) atoms. The van der Waals surface area contributed by atoms with Crippen LogP contribution in [0.15, 0.2) is 12.2 Å². The average Bonchev–Trinajstić information content (AvgIpc) is 2.47. The van der Waals surface area contributed by atoms with E-state index < -0.39 is 11.2 Å². The summed E-state index contributed by atoms with van der Waals surface area (Å²) in [5.41, 5.74) is -2.02. The molecule has 1 heterocycles. The molecule has 3 heteroatoms. The zero-order valence-electron chi connectivity index (χ0n) is 7.44. The van der Waals surface area contributed by atoms with Crippen LogP contribution in [0.2, 0.25) is 0 Å². The number of hydrogen-bond acceptors (Lipinski definition) is 3. The van der Waals surface area contributed by atoms with E-state index in [0.29, 0.717) is 0 Å². The van der Waals surface area contributed by atoms with Crippen molar-refractivity contribution in [1.29, 1.82) is 0 Å². The highest BCUT2D eigenvalue weighted by molar-refractivity contribution is 5.25. The van der Waals surface area contributed by atoms with E-state index in [1.807, 2.05) is 12.2 Å². The summed E-state index contributed by atoms with van der Waals surface area (Å²) in [5.74, 6) is 0.176. The van der Waals surface area contributed by atoms with E-state index >= 15 is 0 Å². The van der Waals surface area contributed by atoms with E-state index in [-0.39, 0.29) is 25.0 Å². The third kappa shape index (κ3) is 0.721. The quantitative estimate of drug-likeness (QED) is 0.521. The topological polar surface area (TPSA) is 49.7 Å². The summed E-state index contributed by atoms with van der Waals surface area (Å²) in [6.45, 7) is 0.573. The average molecular weight is 182 g/mol. The third-order valence-electron chi connectivity index (χ3n) is 3.99. The van der Waals surface area contributed by atoms with Gasteiger partial charge in [-0.05, 0) is 12.8 Å². The first kappa shape index (κ1) is 7.97. The molecule has 1 aliphatic heterocycles. The predicted octanol–water partition coefficient (Wildman–Crippen LogP) is 0.0748. The molecular formula is C10H14O3. The number of fused-ring (bicyclic) bond motifs is 1. The van der Waals surface area contributed by atoms with Crippen molar-refractivity contribution in [2.45, 2.75) is 24.0 Å². The summed E-state index contributed by atoms with van der Waals surface area (Å²) in [5, 5.41) is 20.7. The first-order chi connectivity index (χ1) is 6.17. The smallest absolute Gasteiger partial charge is 0.125 e. The SMILES string of the molecule is OC12COC[C@]1(O)[C@@H]1C=CC2CC1. The van der Waals surface area contributed by atoms with E-state index in [0.717, 1.165) is 12.8 Å². The molecule has 72 valence electrons. The zero-order chi connectivity index (χ0) is 9.10. The van der Waals surface area contributed by atoms with Crippen LogP contribution >= 0.6 is 0 Å². The summed E-state index contributed by atoms with van der Waals surface area (Å²) in [7, 11) is 0. The van der Waals surface area contributed by atoms with Crippen molar-refractivity contribution in [3.05, 3.63) is 12.2 Å². The first-order valence-corrected chi connectivity index (χ1v) is 4.88. The fourth-order valence-corrected chi connectivity index (χ4v) is 3.08. The highest BCUT2D eigenvalue weighted by Crippen LogP contribution is 2.52. The molecule has 4 aliphatic rings. The Kier molecular flexibility index (Phi) is 1.33. The van der Waals surface area contributed by atoms with Gasteiger partial charge in [0.05, 0.1) is 13.2 Å². The molecular weight excluding hydrogens is 168 g/mol. The van der Waals surface area contributed by atoms with Gasteiger partial charge in [-0.15, -0.1) is 0 Å². The molecule has 0 aromatic rings. The molecule has 1 saturated carbocycles. The Labute approximate surface area is 77.0 Å². The number of rotatable bonds is 0. The molecule has 4 rings (SSSR count). The maximum atomic E-state index is 10.3. The van der Waals surface area contributed by atoms with E-state index in [9.17, 15) is 10.2 Å². The molecule has 0 aromatic heterocycles. The zero-order valence-corrected chi connectivity index (χ0v) is 7.44. The van der Waals surface area contributed by atoms with Crippen LogP contribution in [-0.2, 0) is 4.74 Å². The minimum Gasteiger partial charge on any atom is -0.384 e. The monoisotopic (exact) mass is 182 g/mol. The lowest BCUT2D eigenvalue weighted by molar-refractivity contribution is -0.186. The summed E-state index contributed by atoms with van der Waals surface area (Å²) in [6.07, 6.45) is 6.03. The molecule has 0 amide bonds. The molecule has 2 fully saturated rings. The first-order valence-electron chi connectivity index (χ1n) is 4.88. The van der Waals surface area contributed by atoms with Crippen molar-refractivity contribution >= 4 is 0 Å². The lowest BCUT2D eigenvalue weighted by Gasteiger charge is -2.51. The summed E-state index contributed by atoms with van der Waals surface area (Å²) in [6, 6.07) is 0. The third-order valence-corrected chi connectivity index (χ3v) is 3.99. The van der Waals surface area contributed by atoms with Crippen LogP contribution in [0.4, 0.5) is 0 Å². The van der Waals surface area contributed by atoms with E-state index in [1.165, 1.54) is 0 Å². The van der Waals surface area contributed by atoms with Gasteiger partial charge < -0.3 is 14.9 Å². The fraction of sp³-hybridized carbons (Fsp3) is 0.800. The normalized spacial score (nSPS) is 58.3. The molecule has 0 spiro atoms. The van der Waals surface area contributed by atoms with Crippen molar-refractivity contribution in [3.8, 4) is 0 Å². The molecule has 2 unspecified atom stereocenters. The Morgan fingerprint density at radius 3 is 1.85 bits per heavy atom. The van der Waals surface area contributed by atoms with Crippen molar-refractivity contribution in [3.63, 3.8) is 0 Å². The van der Waals surface area contributed by atoms with Gasteiger partial charge in [0.25, 0.3) is 0 Å². The van der Waals surface area contributed by atoms with Crippen LogP contribution in [-0.4, -0.2) is 34.6 Å². The van der Waals surface area contributed by atoms with Gasteiger partial charge in [0, 0.05) is 11.8 Å². The van der Waals surface area contributed by atoms with Crippen LogP contribution in [0.5, 0.6) is 0 Å². The Morgan fingerprint density at radius 2 is 1.46 bits per heavy atom. The largest absolute Gasteiger partial charge is 0.384 e. The van der Waals surface area contributed by atoms with Gasteiger partial charge in [0.1, 0.15) is 11.2 Å². The number of hydrogen-bond donors (Lipinski definition) is 2. The van der Waals surface area contributed by atoms with Gasteiger partial charge in [-0.2, -0.15) is 0 Å². The van der Waals surface area contributed by atoms with Gasteiger partial charge in [0.2, 0.25) is 0 Å². The number of ether oxygens (including phenoxy) is 1. The second-order valence-corrected chi connectivity index (χ2v) is 4.52. The molecule has 3 aliphatic carbocycles. The molecule has 1 saturated heterocycles. The second kappa shape index (κ2) is 2.16. The van der Waals surface area contributed by atoms with Crippen LogP contribution in [0, 0.1) is 11.8 Å². The van der Waals surface area contributed by atoms with Crippen molar-refractivity contribution < 1.29 is 14.9 Å². The summed E-state index contributed by atoms with van der Waals surface area (Å²) in [4.78, 5) is 0. The van der Waals surface area contributed by atoms with Crippen LogP contribution < -0.4 is 0 Å². The van der Waals surface area contributed by atoms with Crippen molar-refractivity contribution in [2.75, 3.05) is 13.2 Å². The predicted molar refractivity (Wildman–Crippen MR) is 46.1 cm³/mol. The minimum atomic E-state index is -1.01. The van der Waals surface area contributed by atoms with Gasteiger partial charge in [-0.25, -0.2) is 0 Å². The van der Waals surface area contributed by atoms with Gasteiger partial charge in [0.15, 0.2) is 0 Å². The van der Waals surface area contributed by atoms with Crippen molar-refractivity contribution in [1.82, 2.24) is 0 Å². The maximum absolute atomic E-state index is 10.3. The fourth-order valence-electron chi connectivity index (χ4n) is 3.08. The Bertz CT molecular complexity index is 249. The van der Waals surface area contributed by atoms with E-state index in [2.05, 4.69) is 0 Å². The molecule has 4 atom stereocenters. The summed E-state index contributed by atoms with van der Waals surface area (Å²) < 4.78 is 5.24. The van der Waals surface area contributed by atoms with Crippen LogP contribution in [0.25, 0.3) is 0 Å². The van der Waals surface area contributed by atoms with Gasteiger partial charge in [-0.1, -0.05) is 12.2 Å². The lowest BCUT2D eigenvalue weighted by atomic mass is 9.58. The lowest BCUT2D eigenvalue weighted by Crippen LogP contribution is -2.65. The molecule has 3 nitrogen and oxygen atoms in total. The maximum Gasteiger partial charge on any atom is 0.125 e. The van der Waals surface area contributed by atoms with Crippen LogP contribution in [0.1, 0.15) is 12.8 Å². The van der Waals surface area contributed by atoms with Gasteiger partial charge >= 0.3 is 0 Å². The Hall–Kier alpha value is -0.380. The van der Waals surface area contributed by atoms with Crippen molar-refractivity contribution in [2.24, 2.45) is 11.8 Å². The minimum absolute atomic E-state index is 0.0880. The molecule has 2 bridgehead atoms. The second-order valence-electron chi connectivity index (χ2n) is 4.52. The van der Waals surface area contributed by atoms with Gasteiger partial charge in [-0.3, -0.25) is 0 Å². The molecule has 2 N–H and O–H groups in total.